The van der Waals surface area contributed by atoms with Gasteiger partial charge in [0, 0.05) is 12.0 Å². The van der Waals surface area contributed by atoms with E-state index in [1.54, 1.807) is 6.92 Å². The van der Waals surface area contributed by atoms with Crippen molar-refractivity contribution in [3.8, 4) is 16.9 Å². The van der Waals surface area contributed by atoms with Crippen LogP contribution < -0.4 is 5.56 Å². The van der Waals surface area contributed by atoms with E-state index in [1.807, 2.05) is 0 Å². The number of hydrogen-bond acceptors (Lipinski definition) is 6. The van der Waals surface area contributed by atoms with Crippen LogP contribution >= 0.6 is 11.6 Å². The highest BCUT2D eigenvalue weighted by molar-refractivity contribution is 6.31. The molecule has 1 N–H and O–H groups in total. The molecule has 4 rings (SSSR count). The van der Waals surface area contributed by atoms with Gasteiger partial charge in [-0.05, 0) is 29.0 Å². The van der Waals surface area contributed by atoms with Gasteiger partial charge in [-0.1, -0.05) is 18.5 Å². The smallest absolute Gasteiger partial charge is 0.326 e. The van der Waals surface area contributed by atoms with Gasteiger partial charge in [-0.3, -0.25) is 9.36 Å². The van der Waals surface area contributed by atoms with Crippen molar-refractivity contribution < 1.29 is 14.3 Å². The van der Waals surface area contributed by atoms with Crippen molar-refractivity contribution in [2.45, 2.75) is 25.3 Å². The molecule has 27 heavy (non-hydrogen) atoms. The van der Waals surface area contributed by atoms with Crippen LogP contribution in [0, 0.1) is 5.82 Å². The number of halogens is 2. The van der Waals surface area contributed by atoms with Crippen molar-refractivity contribution in [3.63, 3.8) is 0 Å². The molecule has 1 aliphatic rings. The molecule has 1 aromatic carbocycles. The minimum Gasteiger partial charge on any atom is -0.480 e. The number of nitrogens with zero attached hydrogens (tertiary/aromatic N) is 6. The van der Waals surface area contributed by atoms with E-state index in [0.29, 0.717) is 0 Å². The van der Waals surface area contributed by atoms with Gasteiger partial charge in [0.2, 0.25) is 0 Å². The molecule has 0 fully saturated rings. The third-order valence-corrected chi connectivity index (χ3v) is 4.81. The van der Waals surface area contributed by atoms with Crippen molar-refractivity contribution in [1.82, 2.24) is 29.8 Å². The lowest BCUT2D eigenvalue weighted by molar-refractivity contribution is -0.140. The Morgan fingerprint density at radius 1 is 1.41 bits per heavy atom. The van der Waals surface area contributed by atoms with Crippen LogP contribution in [0.3, 0.4) is 0 Å². The summed E-state index contributed by atoms with van der Waals surface area (Å²) in [5.41, 5.74) is -0.330. The molecule has 3 aromatic rings. The summed E-state index contributed by atoms with van der Waals surface area (Å²) in [6.07, 6.45) is 1.51. The van der Waals surface area contributed by atoms with Crippen LogP contribution in [-0.2, 0) is 4.79 Å². The number of rotatable bonds is 3. The zero-order chi connectivity index (χ0) is 19.3. The minimum absolute atomic E-state index is 0.0367. The molecule has 3 heterocycles. The molecule has 1 aliphatic heterocycles. The first kappa shape index (κ1) is 17.3. The number of carboxylic acid groups (broad SMARTS) is 1. The summed E-state index contributed by atoms with van der Waals surface area (Å²) in [5.74, 6) is -1.88. The lowest BCUT2D eigenvalue weighted by Gasteiger charge is -2.14. The second-order valence-electron chi connectivity index (χ2n) is 6.21. The Balaban J connectivity index is 1.98. The van der Waals surface area contributed by atoms with Crippen molar-refractivity contribution in [2.24, 2.45) is 0 Å². The molecule has 0 saturated heterocycles. The first-order valence-electron chi connectivity index (χ1n) is 7.96. The van der Waals surface area contributed by atoms with E-state index in [2.05, 4.69) is 20.5 Å². The Morgan fingerprint density at radius 3 is 2.85 bits per heavy atom. The monoisotopic (exact) mass is 390 g/mol. The normalized spacial score (nSPS) is 18.5. The molecule has 0 spiro atoms. The van der Waals surface area contributed by atoms with E-state index >= 15 is 0 Å². The van der Waals surface area contributed by atoms with E-state index in [9.17, 15) is 19.1 Å². The second kappa shape index (κ2) is 6.23. The number of aromatic nitrogens is 6. The van der Waals surface area contributed by atoms with Crippen molar-refractivity contribution in [3.05, 3.63) is 51.5 Å². The van der Waals surface area contributed by atoms with Crippen LogP contribution in [0.2, 0.25) is 5.02 Å². The third-order valence-electron chi connectivity index (χ3n) is 4.52. The van der Waals surface area contributed by atoms with Gasteiger partial charge in [-0.25, -0.2) is 14.2 Å². The van der Waals surface area contributed by atoms with Crippen LogP contribution in [0.5, 0.6) is 0 Å². The van der Waals surface area contributed by atoms with Crippen molar-refractivity contribution >= 4 is 17.6 Å². The maximum Gasteiger partial charge on any atom is 0.326 e. The van der Waals surface area contributed by atoms with Crippen LogP contribution in [0.4, 0.5) is 4.39 Å². The van der Waals surface area contributed by atoms with Crippen LogP contribution in [0.1, 0.15) is 31.1 Å². The summed E-state index contributed by atoms with van der Waals surface area (Å²) in [5, 5.41) is 20.0. The molecule has 9 nitrogen and oxygen atoms in total. The van der Waals surface area contributed by atoms with E-state index in [-0.39, 0.29) is 40.1 Å². The molecule has 0 aliphatic carbocycles. The SMILES string of the molecule is C[C@H]1C[C@@H](C(=O)O)n2c1nc(-c1c(-n3cnnn3)ccc(Cl)c1F)cc2=O. The third kappa shape index (κ3) is 2.69. The summed E-state index contributed by atoms with van der Waals surface area (Å²) in [6.45, 7) is 1.77. The van der Waals surface area contributed by atoms with Crippen LogP contribution in [-0.4, -0.2) is 40.8 Å². The summed E-state index contributed by atoms with van der Waals surface area (Å²) in [7, 11) is 0. The minimum atomic E-state index is -1.11. The number of hydrogen-bond donors (Lipinski definition) is 1. The maximum atomic E-state index is 14.9. The Morgan fingerprint density at radius 2 is 2.19 bits per heavy atom. The molecule has 0 amide bonds. The first-order chi connectivity index (χ1) is 12.9. The molecule has 0 saturated carbocycles. The fourth-order valence-electron chi connectivity index (χ4n) is 3.30. The predicted molar refractivity (Wildman–Crippen MR) is 91.3 cm³/mol. The highest BCUT2D eigenvalue weighted by Gasteiger charge is 2.35. The van der Waals surface area contributed by atoms with Gasteiger partial charge in [0.05, 0.1) is 22.0 Å². The Kier molecular flexibility index (Phi) is 3.99. The summed E-state index contributed by atoms with van der Waals surface area (Å²) in [6, 6.07) is 2.96. The summed E-state index contributed by atoms with van der Waals surface area (Å²) < 4.78 is 17.2. The summed E-state index contributed by atoms with van der Waals surface area (Å²) in [4.78, 5) is 28.4. The van der Waals surface area contributed by atoms with Gasteiger partial charge < -0.3 is 5.11 Å². The van der Waals surface area contributed by atoms with E-state index in [0.717, 1.165) is 10.6 Å². The summed E-state index contributed by atoms with van der Waals surface area (Å²) >= 11 is 5.92. The number of carbonyl (C=O) groups is 1. The lowest BCUT2D eigenvalue weighted by Crippen LogP contribution is -2.28. The fourth-order valence-corrected chi connectivity index (χ4v) is 3.46. The number of aliphatic carboxylic acids is 1. The topological polar surface area (TPSA) is 116 Å². The van der Waals surface area contributed by atoms with Crippen LogP contribution in [0.15, 0.2) is 29.3 Å². The molecule has 11 heteroatoms. The first-order valence-corrected chi connectivity index (χ1v) is 8.34. The highest BCUT2D eigenvalue weighted by Crippen LogP contribution is 2.36. The van der Waals surface area contributed by atoms with Gasteiger partial charge in [-0.15, -0.1) is 5.10 Å². The van der Waals surface area contributed by atoms with Gasteiger partial charge in [0.25, 0.3) is 5.56 Å². The van der Waals surface area contributed by atoms with E-state index in [1.165, 1.54) is 23.1 Å². The van der Waals surface area contributed by atoms with Crippen molar-refractivity contribution in [2.75, 3.05) is 0 Å². The molecule has 0 bridgehead atoms. The average molecular weight is 391 g/mol. The molecular formula is C16H12ClFN6O3. The Hall–Kier alpha value is -3.14. The quantitative estimate of drug-likeness (QED) is 0.724. The largest absolute Gasteiger partial charge is 0.480 e. The van der Waals surface area contributed by atoms with E-state index in [4.69, 9.17) is 11.6 Å². The van der Waals surface area contributed by atoms with Gasteiger partial charge in [-0.2, -0.15) is 4.68 Å². The lowest BCUT2D eigenvalue weighted by atomic mass is 10.1. The zero-order valence-electron chi connectivity index (χ0n) is 13.9. The fraction of sp³-hybridized carbons (Fsp3) is 0.250. The van der Waals surface area contributed by atoms with Gasteiger partial charge in [0.15, 0.2) is 5.82 Å². The maximum absolute atomic E-state index is 14.9. The van der Waals surface area contributed by atoms with Crippen LogP contribution in [0.25, 0.3) is 16.9 Å². The molecule has 0 unspecified atom stereocenters. The van der Waals surface area contributed by atoms with Gasteiger partial charge >= 0.3 is 5.97 Å². The number of tetrazole rings is 1. The molecule has 2 atom stereocenters. The van der Waals surface area contributed by atoms with Gasteiger partial charge in [0.1, 0.15) is 18.2 Å². The number of benzene rings is 1. The zero-order valence-corrected chi connectivity index (χ0v) is 14.6. The number of carboxylic acids is 1. The Labute approximate surface area is 156 Å². The Bertz CT molecular complexity index is 1110. The molecule has 2 aromatic heterocycles. The second-order valence-corrected chi connectivity index (χ2v) is 6.62. The van der Waals surface area contributed by atoms with Crippen molar-refractivity contribution in [1.29, 1.82) is 0 Å². The standard InChI is InChI=1S/C16H12ClFN6O3/c1-7-4-11(16(26)27)24-12(25)5-9(20-15(7)24)13-10(23-6-19-21-22-23)3-2-8(17)14(13)18/h2-3,5-7,11H,4H2,1H3,(H,26,27)/t7-,11-/m0/s1. The molecule has 138 valence electrons. The molecular weight excluding hydrogens is 379 g/mol. The predicted octanol–water partition coefficient (Wildman–Crippen LogP) is 1.81. The number of fused-ring (bicyclic) bond motifs is 1. The van der Waals surface area contributed by atoms with E-state index < -0.39 is 23.4 Å². The average Bonchev–Trinajstić information content (AvgIpc) is 3.26. The highest BCUT2D eigenvalue weighted by atomic mass is 35.5. The molecule has 0 radical (unpaired) electrons.